The number of ether oxygens (including phenoxy) is 1. The van der Waals surface area contributed by atoms with E-state index < -0.39 is 0 Å². The molecule has 1 unspecified atom stereocenters. The van der Waals surface area contributed by atoms with Crippen LogP contribution in [-0.2, 0) is 17.7 Å². The van der Waals surface area contributed by atoms with Crippen LogP contribution in [0.2, 0.25) is 0 Å². The Bertz CT molecular complexity index is 516. The molecule has 0 amide bonds. The van der Waals surface area contributed by atoms with Gasteiger partial charge in [-0.05, 0) is 30.5 Å². The molecule has 0 radical (unpaired) electrons. The largest absolute Gasteiger partial charge is 0.378 e. The molecule has 5 heteroatoms. The second kappa shape index (κ2) is 4.43. The molecular formula is C12H16N4O. The van der Waals surface area contributed by atoms with Gasteiger partial charge in [0.15, 0.2) is 11.5 Å². The SMILES string of the molecule is NCc1ccn2nc(CC3CCCO3)nc2c1. The zero-order valence-corrected chi connectivity index (χ0v) is 9.67. The average Bonchev–Trinajstić information content (AvgIpc) is 2.96. The Morgan fingerprint density at radius 2 is 2.47 bits per heavy atom. The zero-order valence-electron chi connectivity index (χ0n) is 9.67. The summed E-state index contributed by atoms with van der Waals surface area (Å²) in [5.74, 6) is 0.853. The van der Waals surface area contributed by atoms with Crippen molar-refractivity contribution >= 4 is 5.65 Å². The fraction of sp³-hybridized carbons (Fsp3) is 0.500. The Labute approximate surface area is 99.6 Å². The number of nitrogens with two attached hydrogens (primary N) is 1. The van der Waals surface area contributed by atoms with Crippen LogP contribution in [0.15, 0.2) is 18.3 Å². The lowest BCUT2D eigenvalue weighted by Crippen LogP contribution is -2.10. The number of pyridine rings is 1. The molecule has 1 atom stereocenters. The molecule has 0 spiro atoms. The van der Waals surface area contributed by atoms with Crippen LogP contribution in [-0.4, -0.2) is 27.3 Å². The molecule has 2 aromatic heterocycles. The fourth-order valence-electron chi connectivity index (χ4n) is 2.19. The van der Waals surface area contributed by atoms with Crippen LogP contribution >= 0.6 is 0 Å². The zero-order chi connectivity index (χ0) is 11.7. The maximum absolute atomic E-state index is 5.60. The van der Waals surface area contributed by atoms with E-state index in [1.807, 2.05) is 18.3 Å². The summed E-state index contributed by atoms with van der Waals surface area (Å²) >= 11 is 0. The van der Waals surface area contributed by atoms with Gasteiger partial charge < -0.3 is 10.5 Å². The molecule has 2 N–H and O–H groups in total. The first-order chi connectivity index (χ1) is 8.35. The van der Waals surface area contributed by atoms with E-state index in [2.05, 4.69) is 10.1 Å². The van der Waals surface area contributed by atoms with Crippen molar-refractivity contribution in [3.8, 4) is 0 Å². The smallest absolute Gasteiger partial charge is 0.155 e. The molecule has 0 aliphatic carbocycles. The number of aromatic nitrogens is 3. The van der Waals surface area contributed by atoms with Crippen LogP contribution < -0.4 is 5.73 Å². The van der Waals surface area contributed by atoms with E-state index in [1.54, 1.807) is 4.52 Å². The van der Waals surface area contributed by atoms with Crippen LogP contribution in [0.5, 0.6) is 0 Å². The lowest BCUT2D eigenvalue weighted by atomic mass is 10.2. The minimum Gasteiger partial charge on any atom is -0.378 e. The number of hydrogen-bond acceptors (Lipinski definition) is 4. The molecule has 1 fully saturated rings. The van der Waals surface area contributed by atoms with Crippen molar-refractivity contribution in [1.82, 2.24) is 14.6 Å². The predicted octanol–water partition coefficient (Wildman–Crippen LogP) is 0.909. The molecule has 1 aliphatic rings. The average molecular weight is 232 g/mol. The molecule has 17 heavy (non-hydrogen) atoms. The number of rotatable bonds is 3. The van der Waals surface area contributed by atoms with Crippen LogP contribution in [0.1, 0.15) is 24.2 Å². The molecule has 0 bridgehead atoms. The van der Waals surface area contributed by atoms with Crippen molar-refractivity contribution in [2.75, 3.05) is 6.61 Å². The standard InChI is InChI=1S/C12H16N4O/c13-8-9-3-4-16-12(6-9)14-11(15-16)7-10-2-1-5-17-10/h3-4,6,10H,1-2,5,7-8,13H2. The Hall–Kier alpha value is -1.46. The second-order valence-corrected chi connectivity index (χ2v) is 4.41. The van der Waals surface area contributed by atoms with E-state index in [-0.39, 0.29) is 0 Å². The minimum absolute atomic E-state index is 0.293. The highest BCUT2D eigenvalue weighted by Crippen LogP contribution is 2.16. The number of fused-ring (bicyclic) bond motifs is 1. The highest BCUT2D eigenvalue weighted by atomic mass is 16.5. The third kappa shape index (κ3) is 2.16. The molecule has 0 aromatic carbocycles. The van der Waals surface area contributed by atoms with Gasteiger partial charge in [-0.3, -0.25) is 0 Å². The first-order valence-electron chi connectivity index (χ1n) is 6.01. The minimum atomic E-state index is 0.293. The number of nitrogens with zero attached hydrogens (tertiary/aromatic N) is 3. The van der Waals surface area contributed by atoms with Gasteiger partial charge >= 0.3 is 0 Å². The summed E-state index contributed by atoms with van der Waals surface area (Å²) < 4.78 is 7.38. The highest BCUT2D eigenvalue weighted by molar-refractivity contribution is 5.40. The van der Waals surface area contributed by atoms with E-state index in [9.17, 15) is 0 Å². The van der Waals surface area contributed by atoms with Crippen molar-refractivity contribution in [2.45, 2.75) is 31.9 Å². The molecule has 90 valence electrons. The predicted molar refractivity (Wildman–Crippen MR) is 63.6 cm³/mol. The van der Waals surface area contributed by atoms with Crippen molar-refractivity contribution in [3.05, 3.63) is 29.7 Å². The summed E-state index contributed by atoms with van der Waals surface area (Å²) in [6, 6.07) is 3.95. The molecule has 5 nitrogen and oxygen atoms in total. The van der Waals surface area contributed by atoms with Crippen molar-refractivity contribution in [3.63, 3.8) is 0 Å². The van der Waals surface area contributed by atoms with Gasteiger partial charge in [0.2, 0.25) is 0 Å². The number of hydrogen-bond donors (Lipinski definition) is 1. The summed E-state index contributed by atoms with van der Waals surface area (Å²) in [5, 5.41) is 4.44. The summed E-state index contributed by atoms with van der Waals surface area (Å²) in [5.41, 5.74) is 7.54. The third-order valence-corrected chi connectivity index (χ3v) is 3.12. The first kappa shape index (κ1) is 10.7. The fourth-order valence-corrected chi connectivity index (χ4v) is 2.19. The van der Waals surface area contributed by atoms with Gasteiger partial charge in [-0.25, -0.2) is 9.50 Å². The van der Waals surface area contributed by atoms with Gasteiger partial charge in [0.1, 0.15) is 0 Å². The van der Waals surface area contributed by atoms with E-state index in [1.165, 1.54) is 0 Å². The van der Waals surface area contributed by atoms with E-state index in [4.69, 9.17) is 10.5 Å². The topological polar surface area (TPSA) is 65.4 Å². The molecule has 1 saturated heterocycles. The third-order valence-electron chi connectivity index (χ3n) is 3.12. The maximum atomic E-state index is 5.60. The van der Waals surface area contributed by atoms with E-state index in [0.717, 1.165) is 42.9 Å². The maximum Gasteiger partial charge on any atom is 0.155 e. The molecule has 3 heterocycles. The van der Waals surface area contributed by atoms with Crippen LogP contribution in [0.4, 0.5) is 0 Å². The Morgan fingerprint density at radius 1 is 1.53 bits per heavy atom. The summed E-state index contributed by atoms with van der Waals surface area (Å²) in [6.07, 6.45) is 5.27. The lowest BCUT2D eigenvalue weighted by Gasteiger charge is -2.04. The molecule has 3 rings (SSSR count). The normalized spacial score (nSPS) is 20.2. The Morgan fingerprint density at radius 3 is 3.24 bits per heavy atom. The summed E-state index contributed by atoms with van der Waals surface area (Å²) in [4.78, 5) is 4.50. The van der Waals surface area contributed by atoms with Crippen LogP contribution in [0.25, 0.3) is 5.65 Å². The summed E-state index contributed by atoms with van der Waals surface area (Å²) in [7, 11) is 0. The van der Waals surface area contributed by atoms with Gasteiger partial charge in [-0.1, -0.05) is 0 Å². The van der Waals surface area contributed by atoms with E-state index in [0.29, 0.717) is 12.6 Å². The van der Waals surface area contributed by atoms with Crippen molar-refractivity contribution < 1.29 is 4.74 Å². The van der Waals surface area contributed by atoms with Gasteiger partial charge in [-0.15, -0.1) is 0 Å². The van der Waals surface area contributed by atoms with Gasteiger partial charge in [0.25, 0.3) is 0 Å². The molecule has 1 aliphatic heterocycles. The van der Waals surface area contributed by atoms with Gasteiger partial charge in [-0.2, -0.15) is 5.10 Å². The van der Waals surface area contributed by atoms with Gasteiger partial charge in [0.05, 0.1) is 6.10 Å². The quantitative estimate of drug-likeness (QED) is 0.854. The van der Waals surface area contributed by atoms with E-state index >= 15 is 0 Å². The summed E-state index contributed by atoms with van der Waals surface area (Å²) in [6.45, 7) is 1.40. The highest BCUT2D eigenvalue weighted by Gasteiger charge is 2.18. The van der Waals surface area contributed by atoms with Crippen molar-refractivity contribution in [1.29, 1.82) is 0 Å². The second-order valence-electron chi connectivity index (χ2n) is 4.41. The monoisotopic (exact) mass is 232 g/mol. The Balaban J connectivity index is 1.85. The first-order valence-corrected chi connectivity index (χ1v) is 6.01. The van der Waals surface area contributed by atoms with Crippen molar-refractivity contribution in [2.24, 2.45) is 5.73 Å². The van der Waals surface area contributed by atoms with Gasteiger partial charge in [0, 0.05) is 25.8 Å². The lowest BCUT2D eigenvalue weighted by molar-refractivity contribution is 0.110. The molecular weight excluding hydrogens is 216 g/mol. The molecule has 2 aromatic rings. The molecule has 0 saturated carbocycles. The van der Waals surface area contributed by atoms with Crippen LogP contribution in [0, 0.1) is 0 Å². The van der Waals surface area contributed by atoms with Crippen LogP contribution in [0.3, 0.4) is 0 Å². The Kier molecular flexibility index (Phi) is 2.78.